The molecule has 196 valence electrons. The van der Waals surface area contributed by atoms with E-state index < -0.39 is 11.8 Å². The van der Waals surface area contributed by atoms with Crippen molar-refractivity contribution in [1.82, 2.24) is 9.78 Å². The Balaban J connectivity index is 1.32. The topological polar surface area (TPSA) is 93.8 Å². The fourth-order valence-corrected chi connectivity index (χ4v) is 5.40. The maximum Gasteiger partial charge on any atom is 0.508 e. The van der Waals surface area contributed by atoms with E-state index in [4.69, 9.17) is 14.6 Å². The maximum absolute atomic E-state index is 12.3. The number of carbonyl (C=O) groups excluding carboxylic acids is 1. The van der Waals surface area contributed by atoms with E-state index in [1.54, 1.807) is 0 Å². The van der Waals surface area contributed by atoms with Crippen LogP contribution in [0.3, 0.4) is 0 Å². The number of nitrogens with zero attached hydrogens (tertiary/aromatic N) is 2. The zero-order valence-electron chi connectivity index (χ0n) is 21.4. The lowest BCUT2D eigenvalue weighted by Gasteiger charge is -2.34. The van der Waals surface area contributed by atoms with Gasteiger partial charge in [-0.15, -0.1) is 0 Å². The molecule has 7 heteroatoms. The van der Waals surface area contributed by atoms with E-state index in [9.17, 15) is 15.0 Å². The number of hydrogen-bond donors (Lipinski definition) is 2. The number of aryl methyl sites for hydroxylation is 1. The Kier molecular flexibility index (Phi) is 7.63. The first-order valence-electron chi connectivity index (χ1n) is 13.4. The van der Waals surface area contributed by atoms with Gasteiger partial charge in [0.1, 0.15) is 17.8 Å². The first-order valence-corrected chi connectivity index (χ1v) is 13.4. The summed E-state index contributed by atoms with van der Waals surface area (Å²) in [6.45, 7) is 2.03. The van der Waals surface area contributed by atoms with Gasteiger partial charge in [0.2, 0.25) is 0 Å². The molecule has 2 saturated carbocycles. The van der Waals surface area contributed by atoms with Crippen LogP contribution in [0, 0.1) is 6.92 Å². The largest absolute Gasteiger partial charge is 0.508 e. The molecule has 0 atom stereocenters. The van der Waals surface area contributed by atoms with Crippen molar-refractivity contribution in [1.29, 1.82) is 0 Å². The number of rotatable bonds is 6. The minimum Gasteiger partial charge on any atom is -0.431 e. The second-order valence-electron chi connectivity index (χ2n) is 10.5. The Morgan fingerprint density at radius 3 is 2.19 bits per heavy atom. The summed E-state index contributed by atoms with van der Waals surface area (Å²) in [5.41, 5.74) is 4.23. The van der Waals surface area contributed by atoms with Gasteiger partial charge in [0.15, 0.2) is 0 Å². The van der Waals surface area contributed by atoms with Crippen molar-refractivity contribution in [3.8, 4) is 16.9 Å². The summed E-state index contributed by atoms with van der Waals surface area (Å²) in [6, 6.07) is 17.8. The molecule has 2 aliphatic rings. The summed E-state index contributed by atoms with van der Waals surface area (Å²) in [5.74, 6) is 0. The smallest absolute Gasteiger partial charge is 0.431 e. The third-order valence-electron chi connectivity index (χ3n) is 7.73. The third-order valence-corrected chi connectivity index (χ3v) is 7.73. The molecule has 7 nitrogen and oxygen atoms in total. The first kappa shape index (κ1) is 25.5. The quantitative estimate of drug-likeness (QED) is 0.403. The average molecular weight is 505 g/mol. The van der Waals surface area contributed by atoms with E-state index >= 15 is 0 Å². The lowest BCUT2D eigenvalue weighted by Crippen LogP contribution is -2.36. The molecule has 2 N–H and O–H groups in total. The number of aromatic nitrogens is 2. The molecule has 0 saturated heterocycles. The van der Waals surface area contributed by atoms with Gasteiger partial charge in [-0.25, -0.2) is 9.48 Å². The van der Waals surface area contributed by atoms with Gasteiger partial charge >= 0.3 is 6.16 Å². The summed E-state index contributed by atoms with van der Waals surface area (Å²) >= 11 is 0. The van der Waals surface area contributed by atoms with E-state index in [2.05, 4.69) is 24.3 Å². The first-order chi connectivity index (χ1) is 17.9. The molecule has 2 fully saturated rings. The monoisotopic (exact) mass is 504 g/mol. The molecule has 37 heavy (non-hydrogen) atoms. The normalized spacial score (nSPS) is 22.5. The van der Waals surface area contributed by atoms with Crippen molar-refractivity contribution < 1.29 is 24.5 Å². The Bertz CT molecular complexity index is 1190. The Morgan fingerprint density at radius 2 is 1.57 bits per heavy atom. The van der Waals surface area contributed by atoms with Crippen LogP contribution in [0.4, 0.5) is 4.79 Å². The van der Waals surface area contributed by atoms with Gasteiger partial charge < -0.3 is 19.7 Å². The zero-order valence-corrected chi connectivity index (χ0v) is 21.4. The number of carbonyl (C=O) groups is 1. The molecule has 0 unspecified atom stereocenters. The Morgan fingerprint density at radius 1 is 0.946 bits per heavy atom. The van der Waals surface area contributed by atoms with Crippen LogP contribution < -0.4 is 0 Å². The van der Waals surface area contributed by atoms with Gasteiger partial charge in [0.25, 0.3) is 0 Å². The van der Waals surface area contributed by atoms with E-state index in [1.807, 2.05) is 41.9 Å². The molecule has 0 bridgehead atoms. The van der Waals surface area contributed by atoms with E-state index in [0.29, 0.717) is 31.4 Å². The van der Waals surface area contributed by atoms with Gasteiger partial charge in [-0.05, 0) is 82.1 Å². The van der Waals surface area contributed by atoms with Crippen LogP contribution >= 0.6 is 0 Å². The summed E-state index contributed by atoms with van der Waals surface area (Å²) in [6.07, 6.45) is 6.33. The summed E-state index contributed by atoms with van der Waals surface area (Å²) in [5, 5.41) is 25.9. The van der Waals surface area contributed by atoms with Gasteiger partial charge in [0, 0.05) is 5.56 Å². The van der Waals surface area contributed by atoms with E-state index in [0.717, 1.165) is 48.2 Å². The number of ether oxygens (including phenoxy) is 2. The molecule has 2 aromatic carbocycles. The van der Waals surface area contributed by atoms with Crippen molar-refractivity contribution in [2.45, 2.75) is 89.1 Å². The number of aliphatic hydroxyl groups excluding tert-OH is 1. The van der Waals surface area contributed by atoms with Crippen LogP contribution in [0.1, 0.15) is 74.6 Å². The lowest BCUT2D eigenvalue weighted by atomic mass is 9.81. The van der Waals surface area contributed by atoms with Crippen LogP contribution in [0.15, 0.2) is 54.6 Å². The highest BCUT2D eigenvalue weighted by atomic mass is 16.7. The molecule has 0 spiro atoms. The molecular weight excluding hydrogens is 468 g/mol. The van der Waals surface area contributed by atoms with Gasteiger partial charge in [-0.1, -0.05) is 48.4 Å². The minimum atomic E-state index is -1.11. The fraction of sp³-hybridized carbons (Fsp3) is 0.467. The number of hydrogen-bond acceptors (Lipinski definition) is 6. The van der Waals surface area contributed by atoms with Crippen LogP contribution in [0.25, 0.3) is 16.9 Å². The van der Waals surface area contributed by atoms with Gasteiger partial charge in [-0.2, -0.15) is 5.10 Å². The molecule has 0 aliphatic heterocycles. The summed E-state index contributed by atoms with van der Waals surface area (Å²) < 4.78 is 13.0. The van der Waals surface area contributed by atoms with Crippen LogP contribution in [-0.2, 0) is 21.7 Å². The molecule has 0 radical (unpaired) electrons. The second kappa shape index (κ2) is 11.1. The van der Waals surface area contributed by atoms with Gasteiger partial charge in [0.05, 0.1) is 23.7 Å². The standard InChI is InChI=1S/C30H36N2O5/c1-21-7-11-23(12-8-21)27-19-28(31-32(27)24-13-9-22(20-33)10-14-24)30(35)17-15-26(16-18-30)37-29(34)36-25-5-3-2-4-6-25/h7-14,19,25-26,33,35H,2-6,15-18,20H2,1H3. The van der Waals surface area contributed by atoms with E-state index in [1.165, 1.54) is 12.0 Å². The van der Waals surface area contributed by atoms with Crippen molar-refractivity contribution >= 4 is 6.16 Å². The summed E-state index contributed by atoms with van der Waals surface area (Å²) in [7, 11) is 0. The Labute approximate surface area is 218 Å². The van der Waals surface area contributed by atoms with Crippen molar-refractivity contribution in [2.24, 2.45) is 0 Å². The molecule has 2 aliphatic carbocycles. The average Bonchev–Trinajstić information content (AvgIpc) is 3.38. The predicted octanol–water partition coefficient (Wildman–Crippen LogP) is 5.96. The third kappa shape index (κ3) is 5.89. The zero-order chi connectivity index (χ0) is 25.8. The SMILES string of the molecule is Cc1ccc(-c2cc(C3(O)CCC(OC(=O)OC4CCCCC4)CC3)nn2-c2ccc(CO)cc2)cc1. The molecular formula is C30H36N2O5. The number of benzene rings is 2. The van der Waals surface area contributed by atoms with E-state index in [-0.39, 0.29) is 18.8 Å². The summed E-state index contributed by atoms with van der Waals surface area (Å²) in [4.78, 5) is 12.3. The lowest BCUT2D eigenvalue weighted by molar-refractivity contribution is -0.0641. The molecule has 3 aromatic rings. The van der Waals surface area contributed by atoms with Crippen LogP contribution in [-0.4, -0.2) is 38.4 Å². The van der Waals surface area contributed by atoms with Gasteiger partial charge in [-0.3, -0.25) is 0 Å². The Hall–Kier alpha value is -3.16. The number of aliphatic hydroxyl groups is 2. The van der Waals surface area contributed by atoms with Crippen LogP contribution in [0.2, 0.25) is 0 Å². The molecule has 0 amide bonds. The maximum atomic E-state index is 12.3. The molecule has 1 aromatic heterocycles. The minimum absolute atomic E-state index is 0.0212. The molecule has 1 heterocycles. The van der Waals surface area contributed by atoms with Crippen LogP contribution in [0.5, 0.6) is 0 Å². The highest BCUT2D eigenvalue weighted by Crippen LogP contribution is 2.39. The molecule has 5 rings (SSSR count). The van der Waals surface area contributed by atoms with Crippen molar-refractivity contribution in [2.75, 3.05) is 0 Å². The highest BCUT2D eigenvalue weighted by Gasteiger charge is 2.39. The predicted molar refractivity (Wildman–Crippen MR) is 140 cm³/mol. The van der Waals surface area contributed by atoms with Crippen molar-refractivity contribution in [3.05, 3.63) is 71.4 Å². The fourth-order valence-electron chi connectivity index (χ4n) is 5.40. The van der Waals surface area contributed by atoms with Crippen molar-refractivity contribution in [3.63, 3.8) is 0 Å². The second-order valence-corrected chi connectivity index (χ2v) is 10.5. The highest BCUT2D eigenvalue weighted by molar-refractivity contribution is 5.63.